The van der Waals surface area contributed by atoms with Crippen LogP contribution < -0.4 is 5.32 Å². The molecule has 1 aliphatic heterocycles. The lowest BCUT2D eigenvalue weighted by atomic mass is 9.91. The fourth-order valence-corrected chi connectivity index (χ4v) is 4.00. The van der Waals surface area contributed by atoms with Crippen LogP contribution in [-0.2, 0) is 20.8 Å². The van der Waals surface area contributed by atoms with Crippen LogP contribution in [0.2, 0.25) is 0 Å². The van der Waals surface area contributed by atoms with Crippen LogP contribution in [0.1, 0.15) is 65.9 Å². The molecule has 1 N–H and O–H groups in total. The molecule has 0 spiro atoms. The molecule has 0 radical (unpaired) electrons. The Morgan fingerprint density at radius 2 is 1.81 bits per heavy atom. The van der Waals surface area contributed by atoms with Crippen molar-refractivity contribution in [1.29, 1.82) is 0 Å². The highest BCUT2D eigenvalue weighted by atomic mass is 16.2. The van der Waals surface area contributed by atoms with Gasteiger partial charge in [0.25, 0.3) is 0 Å². The van der Waals surface area contributed by atoms with Crippen molar-refractivity contribution in [1.82, 2.24) is 15.1 Å². The molecule has 0 aliphatic carbocycles. The summed E-state index contributed by atoms with van der Waals surface area (Å²) in [5.41, 5.74) is 0.863. The summed E-state index contributed by atoms with van der Waals surface area (Å²) < 4.78 is 0. The highest BCUT2D eigenvalue weighted by Gasteiger charge is 2.33. The Hall–Kier alpha value is -2.37. The first-order valence-electron chi connectivity index (χ1n) is 11.5. The van der Waals surface area contributed by atoms with E-state index in [1.54, 1.807) is 4.90 Å². The van der Waals surface area contributed by atoms with Gasteiger partial charge in [0.2, 0.25) is 17.7 Å². The summed E-state index contributed by atoms with van der Waals surface area (Å²) in [4.78, 5) is 42.2. The number of rotatable bonds is 8. The molecule has 172 valence electrons. The van der Waals surface area contributed by atoms with Crippen LogP contribution in [0.15, 0.2) is 30.3 Å². The van der Waals surface area contributed by atoms with E-state index >= 15 is 0 Å². The van der Waals surface area contributed by atoms with Gasteiger partial charge in [-0.05, 0) is 24.3 Å². The van der Waals surface area contributed by atoms with Gasteiger partial charge in [0, 0.05) is 44.9 Å². The molecule has 1 saturated heterocycles. The van der Waals surface area contributed by atoms with Gasteiger partial charge in [0.15, 0.2) is 0 Å². The molecule has 2 rings (SSSR count). The van der Waals surface area contributed by atoms with E-state index in [-0.39, 0.29) is 29.2 Å². The molecule has 1 aliphatic rings. The van der Waals surface area contributed by atoms with Crippen LogP contribution in [-0.4, -0.2) is 59.2 Å². The fraction of sp³-hybridized carbons (Fsp3) is 0.640. The second-order valence-electron chi connectivity index (χ2n) is 9.87. The summed E-state index contributed by atoms with van der Waals surface area (Å²) >= 11 is 0. The van der Waals surface area contributed by atoms with Crippen LogP contribution in [0.3, 0.4) is 0 Å². The third kappa shape index (κ3) is 8.00. The zero-order chi connectivity index (χ0) is 23.0. The third-order valence-corrected chi connectivity index (χ3v) is 5.61. The van der Waals surface area contributed by atoms with Crippen molar-refractivity contribution in [2.24, 2.45) is 5.41 Å². The standard InChI is InChI=1S/C25H39N3O3/c1-6-7-13-23(30)28-15-14-27(18-19(28)2)24(31)21(16-20-11-9-8-10-12-20)26-22(29)17-25(3,4)5/h8-12,19,21H,6-7,13-18H2,1-5H3,(H,26,29). The quantitative estimate of drug-likeness (QED) is 0.689. The Balaban J connectivity index is 2.08. The maximum atomic E-state index is 13.4. The van der Waals surface area contributed by atoms with E-state index in [2.05, 4.69) is 12.2 Å². The van der Waals surface area contributed by atoms with Crippen molar-refractivity contribution < 1.29 is 14.4 Å². The van der Waals surface area contributed by atoms with E-state index in [4.69, 9.17) is 0 Å². The van der Waals surface area contributed by atoms with Crippen molar-refractivity contribution in [3.05, 3.63) is 35.9 Å². The van der Waals surface area contributed by atoms with E-state index in [1.165, 1.54) is 0 Å². The predicted octanol–water partition coefficient (Wildman–Crippen LogP) is 3.40. The summed E-state index contributed by atoms with van der Waals surface area (Å²) in [5.74, 6) is -0.0115. The Kier molecular flexibility index (Phi) is 9.08. The monoisotopic (exact) mass is 429 g/mol. The Labute approximate surface area is 187 Å². The van der Waals surface area contributed by atoms with Crippen molar-refractivity contribution in [2.45, 2.75) is 78.8 Å². The molecule has 3 amide bonds. The van der Waals surface area contributed by atoms with Gasteiger partial charge in [0.1, 0.15) is 6.04 Å². The number of nitrogens with zero attached hydrogens (tertiary/aromatic N) is 2. The molecule has 6 nitrogen and oxygen atoms in total. The van der Waals surface area contributed by atoms with Gasteiger partial charge in [-0.2, -0.15) is 0 Å². The van der Waals surface area contributed by atoms with E-state index in [0.29, 0.717) is 38.9 Å². The number of carbonyl (C=O) groups is 3. The first kappa shape index (κ1) is 24.9. The normalized spacial score (nSPS) is 17.9. The van der Waals surface area contributed by atoms with E-state index < -0.39 is 6.04 Å². The topological polar surface area (TPSA) is 69.7 Å². The molecule has 0 saturated carbocycles. The lowest BCUT2D eigenvalue weighted by Gasteiger charge is -2.41. The van der Waals surface area contributed by atoms with Crippen LogP contribution in [0.4, 0.5) is 0 Å². The number of piperazine rings is 1. The Bertz CT molecular complexity index is 742. The number of hydrogen-bond acceptors (Lipinski definition) is 3. The van der Waals surface area contributed by atoms with Crippen molar-refractivity contribution in [3.8, 4) is 0 Å². The highest BCUT2D eigenvalue weighted by molar-refractivity contribution is 5.88. The van der Waals surface area contributed by atoms with E-state index in [1.807, 2.05) is 62.9 Å². The van der Waals surface area contributed by atoms with E-state index in [9.17, 15) is 14.4 Å². The van der Waals surface area contributed by atoms with E-state index in [0.717, 1.165) is 18.4 Å². The molecule has 0 bridgehead atoms. The average molecular weight is 430 g/mol. The molecule has 2 unspecified atom stereocenters. The molecule has 0 aromatic heterocycles. The number of nitrogens with one attached hydrogen (secondary N) is 1. The minimum Gasteiger partial charge on any atom is -0.344 e. The molecule has 1 aromatic carbocycles. The smallest absolute Gasteiger partial charge is 0.245 e. The van der Waals surface area contributed by atoms with Gasteiger partial charge in [-0.1, -0.05) is 64.4 Å². The molecular formula is C25H39N3O3. The van der Waals surface area contributed by atoms with Crippen LogP contribution in [0.5, 0.6) is 0 Å². The molecule has 1 heterocycles. The average Bonchev–Trinajstić information content (AvgIpc) is 2.70. The van der Waals surface area contributed by atoms with Gasteiger partial charge in [-0.25, -0.2) is 0 Å². The summed E-state index contributed by atoms with van der Waals surface area (Å²) in [5, 5.41) is 2.99. The minimum atomic E-state index is -0.605. The molecule has 1 fully saturated rings. The Morgan fingerprint density at radius 3 is 2.39 bits per heavy atom. The zero-order valence-electron chi connectivity index (χ0n) is 19.8. The molecule has 31 heavy (non-hydrogen) atoms. The lowest BCUT2D eigenvalue weighted by Crippen LogP contribution is -2.59. The fourth-order valence-electron chi connectivity index (χ4n) is 4.00. The third-order valence-electron chi connectivity index (χ3n) is 5.61. The first-order valence-corrected chi connectivity index (χ1v) is 11.5. The van der Waals surface area contributed by atoms with Gasteiger partial charge in [-0.3, -0.25) is 14.4 Å². The van der Waals surface area contributed by atoms with Gasteiger partial charge in [0.05, 0.1) is 0 Å². The van der Waals surface area contributed by atoms with Gasteiger partial charge in [-0.15, -0.1) is 0 Å². The first-order chi connectivity index (χ1) is 14.6. The molecular weight excluding hydrogens is 390 g/mol. The van der Waals surface area contributed by atoms with Crippen LogP contribution in [0.25, 0.3) is 0 Å². The van der Waals surface area contributed by atoms with Gasteiger partial charge >= 0.3 is 0 Å². The van der Waals surface area contributed by atoms with Crippen molar-refractivity contribution >= 4 is 17.7 Å². The maximum absolute atomic E-state index is 13.4. The van der Waals surface area contributed by atoms with Gasteiger partial charge < -0.3 is 15.1 Å². The number of amides is 3. The minimum absolute atomic E-state index is 0.0234. The molecule has 2 atom stereocenters. The molecule has 6 heteroatoms. The summed E-state index contributed by atoms with van der Waals surface area (Å²) in [6.07, 6.45) is 3.27. The number of benzene rings is 1. The van der Waals surface area contributed by atoms with Crippen LogP contribution in [0, 0.1) is 5.41 Å². The summed E-state index contributed by atoms with van der Waals surface area (Å²) in [6, 6.07) is 9.14. The van der Waals surface area contributed by atoms with Crippen molar-refractivity contribution in [2.75, 3.05) is 19.6 Å². The second-order valence-corrected chi connectivity index (χ2v) is 9.87. The summed E-state index contributed by atoms with van der Waals surface area (Å²) in [6.45, 7) is 11.6. The van der Waals surface area contributed by atoms with Crippen molar-refractivity contribution in [3.63, 3.8) is 0 Å². The number of unbranched alkanes of at least 4 members (excludes halogenated alkanes) is 1. The van der Waals surface area contributed by atoms with Crippen LogP contribution >= 0.6 is 0 Å². The Morgan fingerprint density at radius 1 is 1.13 bits per heavy atom. The largest absolute Gasteiger partial charge is 0.344 e. The predicted molar refractivity (Wildman–Crippen MR) is 123 cm³/mol. The SMILES string of the molecule is CCCCC(=O)N1CCN(C(=O)C(Cc2ccccc2)NC(=O)CC(C)(C)C)CC1C. The number of hydrogen-bond donors (Lipinski definition) is 1. The second kappa shape index (κ2) is 11.3. The maximum Gasteiger partial charge on any atom is 0.245 e. The zero-order valence-corrected chi connectivity index (χ0v) is 19.8. The summed E-state index contributed by atoms with van der Waals surface area (Å²) in [7, 11) is 0. The molecule has 1 aromatic rings. The highest BCUT2D eigenvalue weighted by Crippen LogP contribution is 2.19. The number of carbonyl (C=O) groups excluding carboxylic acids is 3. The lowest BCUT2D eigenvalue weighted by molar-refractivity contribution is -0.144.